The third-order valence-electron chi connectivity index (χ3n) is 2.80. The maximum absolute atomic E-state index is 5.50. The first-order valence-electron chi connectivity index (χ1n) is 5.24. The van der Waals surface area contributed by atoms with Gasteiger partial charge in [0.1, 0.15) is 12.4 Å². The summed E-state index contributed by atoms with van der Waals surface area (Å²) in [4.78, 5) is 0. The average molecular weight is 188 g/mol. The third kappa shape index (κ3) is 1.98. The number of benzene rings is 1. The van der Waals surface area contributed by atoms with E-state index in [0.29, 0.717) is 6.61 Å². The Morgan fingerprint density at radius 1 is 1.43 bits per heavy atom. The Hall–Kier alpha value is -1.24. The van der Waals surface area contributed by atoms with Gasteiger partial charge in [0.25, 0.3) is 0 Å². The van der Waals surface area contributed by atoms with Crippen molar-refractivity contribution in [2.24, 2.45) is 0 Å². The van der Waals surface area contributed by atoms with Crippen LogP contribution in [0.25, 0.3) is 0 Å². The molecular formula is C13H16O. The van der Waals surface area contributed by atoms with Crippen LogP contribution in [0.15, 0.2) is 36.9 Å². The van der Waals surface area contributed by atoms with Crippen LogP contribution in [0.5, 0.6) is 5.75 Å². The summed E-state index contributed by atoms with van der Waals surface area (Å²) in [7, 11) is 0. The van der Waals surface area contributed by atoms with E-state index in [1.165, 1.54) is 24.8 Å². The highest BCUT2D eigenvalue weighted by Crippen LogP contribution is 2.37. The molecule has 0 N–H and O–H groups in total. The van der Waals surface area contributed by atoms with E-state index in [0.717, 1.165) is 11.7 Å². The van der Waals surface area contributed by atoms with Crippen LogP contribution in [0.2, 0.25) is 0 Å². The minimum Gasteiger partial charge on any atom is -0.490 e. The molecule has 0 atom stereocenters. The molecular weight excluding hydrogens is 172 g/mol. The van der Waals surface area contributed by atoms with E-state index < -0.39 is 0 Å². The first-order chi connectivity index (χ1) is 6.90. The smallest absolute Gasteiger partial charge is 0.120 e. The molecule has 0 bridgehead atoms. The van der Waals surface area contributed by atoms with Gasteiger partial charge in [-0.15, -0.1) is 0 Å². The summed E-state index contributed by atoms with van der Waals surface area (Å²) in [5, 5.41) is 0. The van der Waals surface area contributed by atoms with Crippen molar-refractivity contribution in [1.82, 2.24) is 0 Å². The molecule has 0 radical (unpaired) electrons. The van der Waals surface area contributed by atoms with Crippen LogP contribution in [0.3, 0.4) is 0 Å². The first kappa shape index (κ1) is 9.32. The lowest BCUT2D eigenvalue weighted by Crippen LogP contribution is -2.08. The molecule has 0 aromatic heterocycles. The summed E-state index contributed by atoms with van der Waals surface area (Å²) in [5.41, 5.74) is 1.43. The number of rotatable bonds is 4. The molecule has 0 spiro atoms. The Labute approximate surface area is 85.4 Å². The summed E-state index contributed by atoms with van der Waals surface area (Å²) in [6.45, 7) is 4.23. The number of hydrogen-bond donors (Lipinski definition) is 0. The van der Waals surface area contributed by atoms with Gasteiger partial charge in [-0.1, -0.05) is 31.2 Å². The van der Waals surface area contributed by atoms with E-state index in [-0.39, 0.29) is 0 Å². The molecule has 1 saturated carbocycles. The highest BCUT2D eigenvalue weighted by molar-refractivity contribution is 5.31. The van der Waals surface area contributed by atoms with E-state index >= 15 is 0 Å². The van der Waals surface area contributed by atoms with Crippen LogP contribution in [0.1, 0.15) is 30.7 Å². The predicted octanol–water partition coefficient (Wildman–Crippen LogP) is 3.52. The largest absolute Gasteiger partial charge is 0.490 e. The molecule has 2 rings (SSSR count). The van der Waals surface area contributed by atoms with Gasteiger partial charge in [0.15, 0.2) is 0 Å². The Morgan fingerprint density at radius 2 is 2.29 bits per heavy atom. The van der Waals surface area contributed by atoms with Gasteiger partial charge in [-0.2, -0.15) is 0 Å². The second-order valence-corrected chi connectivity index (χ2v) is 3.80. The van der Waals surface area contributed by atoms with Crippen molar-refractivity contribution in [2.45, 2.75) is 25.2 Å². The van der Waals surface area contributed by atoms with E-state index in [1.807, 2.05) is 6.07 Å². The first-order valence-corrected chi connectivity index (χ1v) is 5.24. The fraction of sp³-hybridized carbons (Fsp3) is 0.385. The average Bonchev–Trinajstić information content (AvgIpc) is 2.13. The normalized spacial score (nSPS) is 16.0. The van der Waals surface area contributed by atoms with Gasteiger partial charge < -0.3 is 4.74 Å². The van der Waals surface area contributed by atoms with Gasteiger partial charge in [0.2, 0.25) is 0 Å². The van der Waals surface area contributed by atoms with Crippen LogP contribution in [0, 0.1) is 0 Å². The highest BCUT2D eigenvalue weighted by atomic mass is 16.5. The fourth-order valence-electron chi connectivity index (χ4n) is 1.75. The van der Waals surface area contributed by atoms with Gasteiger partial charge in [-0.3, -0.25) is 0 Å². The summed E-state index contributed by atoms with van der Waals surface area (Å²) in [5.74, 6) is 1.75. The van der Waals surface area contributed by atoms with Crippen molar-refractivity contribution in [3.8, 4) is 5.75 Å². The molecule has 1 aliphatic rings. The molecule has 1 nitrogen and oxygen atoms in total. The Morgan fingerprint density at radius 3 is 2.93 bits per heavy atom. The monoisotopic (exact) mass is 188 g/mol. The van der Waals surface area contributed by atoms with Crippen molar-refractivity contribution in [2.75, 3.05) is 6.61 Å². The Bertz CT molecular complexity index is 313. The molecule has 0 amide bonds. The SMILES string of the molecule is C=CCOc1cccc(C2CCC2)c1. The van der Waals surface area contributed by atoms with Crippen molar-refractivity contribution in [3.05, 3.63) is 42.5 Å². The zero-order valence-electron chi connectivity index (χ0n) is 8.41. The van der Waals surface area contributed by atoms with E-state index in [9.17, 15) is 0 Å². The maximum Gasteiger partial charge on any atom is 0.120 e. The van der Waals surface area contributed by atoms with Crippen LogP contribution in [-0.2, 0) is 0 Å². The highest BCUT2D eigenvalue weighted by Gasteiger charge is 2.19. The van der Waals surface area contributed by atoms with Gasteiger partial charge in [-0.05, 0) is 36.5 Å². The maximum atomic E-state index is 5.50. The van der Waals surface area contributed by atoms with Crippen LogP contribution in [-0.4, -0.2) is 6.61 Å². The standard InChI is InChI=1S/C13H16O/c1-2-9-14-13-8-4-7-12(10-13)11-5-3-6-11/h2,4,7-8,10-11H,1,3,5-6,9H2. The minimum atomic E-state index is 0.591. The molecule has 14 heavy (non-hydrogen) atoms. The molecule has 1 fully saturated rings. The Kier molecular flexibility index (Phi) is 2.87. The molecule has 0 heterocycles. The van der Waals surface area contributed by atoms with Gasteiger partial charge in [0, 0.05) is 0 Å². The lowest BCUT2D eigenvalue weighted by atomic mass is 9.80. The van der Waals surface area contributed by atoms with E-state index in [1.54, 1.807) is 6.08 Å². The molecule has 0 unspecified atom stereocenters. The van der Waals surface area contributed by atoms with Crippen LogP contribution in [0.4, 0.5) is 0 Å². The predicted molar refractivity (Wildman–Crippen MR) is 58.7 cm³/mol. The van der Waals surface area contributed by atoms with E-state index in [4.69, 9.17) is 4.74 Å². The van der Waals surface area contributed by atoms with Crippen molar-refractivity contribution in [1.29, 1.82) is 0 Å². The van der Waals surface area contributed by atoms with Gasteiger partial charge in [0.05, 0.1) is 0 Å². The zero-order chi connectivity index (χ0) is 9.80. The molecule has 74 valence electrons. The quantitative estimate of drug-likeness (QED) is 0.657. The molecule has 0 saturated heterocycles. The van der Waals surface area contributed by atoms with Gasteiger partial charge in [-0.25, -0.2) is 0 Å². The lowest BCUT2D eigenvalue weighted by Gasteiger charge is -2.26. The molecule has 0 aliphatic heterocycles. The zero-order valence-corrected chi connectivity index (χ0v) is 8.41. The molecule has 1 aliphatic carbocycles. The second-order valence-electron chi connectivity index (χ2n) is 3.80. The number of hydrogen-bond acceptors (Lipinski definition) is 1. The fourth-order valence-corrected chi connectivity index (χ4v) is 1.75. The summed E-state index contributed by atoms with van der Waals surface area (Å²) in [6.07, 6.45) is 5.83. The molecule has 1 heteroatoms. The van der Waals surface area contributed by atoms with Crippen molar-refractivity contribution < 1.29 is 4.74 Å². The van der Waals surface area contributed by atoms with Crippen LogP contribution >= 0.6 is 0 Å². The summed E-state index contributed by atoms with van der Waals surface area (Å²) >= 11 is 0. The topological polar surface area (TPSA) is 9.23 Å². The lowest BCUT2D eigenvalue weighted by molar-refractivity contribution is 0.360. The van der Waals surface area contributed by atoms with E-state index in [2.05, 4.69) is 24.8 Å². The van der Waals surface area contributed by atoms with Crippen molar-refractivity contribution >= 4 is 0 Å². The van der Waals surface area contributed by atoms with Crippen molar-refractivity contribution in [3.63, 3.8) is 0 Å². The third-order valence-corrected chi connectivity index (χ3v) is 2.80. The van der Waals surface area contributed by atoms with Crippen LogP contribution < -0.4 is 4.74 Å². The summed E-state index contributed by atoms with van der Waals surface area (Å²) in [6, 6.07) is 8.44. The van der Waals surface area contributed by atoms with Gasteiger partial charge >= 0.3 is 0 Å². The minimum absolute atomic E-state index is 0.591. The second kappa shape index (κ2) is 4.32. The summed E-state index contributed by atoms with van der Waals surface area (Å²) < 4.78 is 5.50. The Balaban J connectivity index is 2.05. The molecule has 1 aromatic rings. The number of ether oxygens (including phenoxy) is 1. The molecule has 1 aromatic carbocycles.